The molecular weight excluding hydrogens is 239 g/mol. The van der Waals surface area contributed by atoms with Crippen LogP contribution in [0.25, 0.3) is 0 Å². The molecule has 4 N–H and O–H groups in total. The molecule has 0 aliphatic heterocycles. The SMILES string of the molecule is CC(C)(C)c1ccc(C2(N)CCC(N)CC2)c(F)c1. The molecule has 19 heavy (non-hydrogen) atoms. The first-order valence-electron chi connectivity index (χ1n) is 7.07. The molecule has 0 aromatic heterocycles. The van der Waals surface area contributed by atoms with Gasteiger partial charge in [0, 0.05) is 17.1 Å². The van der Waals surface area contributed by atoms with Crippen LogP contribution >= 0.6 is 0 Å². The molecule has 0 unspecified atom stereocenters. The average molecular weight is 264 g/mol. The molecule has 0 saturated heterocycles. The van der Waals surface area contributed by atoms with E-state index in [2.05, 4.69) is 20.8 Å². The number of rotatable bonds is 1. The fraction of sp³-hybridized carbons (Fsp3) is 0.625. The van der Waals surface area contributed by atoms with Crippen LogP contribution in [-0.2, 0) is 11.0 Å². The third kappa shape index (κ3) is 2.98. The molecule has 0 amide bonds. The third-order valence-electron chi connectivity index (χ3n) is 4.29. The Morgan fingerprint density at radius 3 is 2.26 bits per heavy atom. The van der Waals surface area contributed by atoms with Crippen molar-refractivity contribution in [2.75, 3.05) is 0 Å². The predicted octanol–water partition coefficient (Wildman–Crippen LogP) is 3.18. The van der Waals surface area contributed by atoms with Gasteiger partial charge in [0.25, 0.3) is 0 Å². The first-order chi connectivity index (χ1) is 8.72. The van der Waals surface area contributed by atoms with Gasteiger partial charge in [-0.3, -0.25) is 0 Å². The van der Waals surface area contributed by atoms with Crippen LogP contribution in [0.4, 0.5) is 4.39 Å². The summed E-state index contributed by atoms with van der Waals surface area (Å²) in [5, 5.41) is 0. The van der Waals surface area contributed by atoms with Gasteiger partial charge in [0.15, 0.2) is 0 Å². The van der Waals surface area contributed by atoms with Crippen LogP contribution in [0.5, 0.6) is 0 Å². The highest BCUT2D eigenvalue weighted by Crippen LogP contribution is 2.36. The molecule has 1 fully saturated rings. The van der Waals surface area contributed by atoms with E-state index in [-0.39, 0.29) is 17.3 Å². The van der Waals surface area contributed by atoms with E-state index in [1.807, 2.05) is 12.1 Å². The first kappa shape index (κ1) is 14.5. The summed E-state index contributed by atoms with van der Waals surface area (Å²) in [6.45, 7) is 6.25. The van der Waals surface area contributed by atoms with Crippen LogP contribution in [-0.4, -0.2) is 6.04 Å². The Morgan fingerprint density at radius 1 is 1.21 bits per heavy atom. The third-order valence-corrected chi connectivity index (χ3v) is 4.29. The van der Waals surface area contributed by atoms with Crippen LogP contribution in [0.1, 0.15) is 57.6 Å². The summed E-state index contributed by atoms with van der Waals surface area (Å²) >= 11 is 0. The van der Waals surface area contributed by atoms with E-state index in [1.165, 1.54) is 0 Å². The second kappa shape index (κ2) is 4.88. The lowest BCUT2D eigenvalue weighted by Crippen LogP contribution is -2.44. The molecule has 1 aromatic rings. The monoisotopic (exact) mass is 264 g/mol. The average Bonchev–Trinajstić information content (AvgIpc) is 2.32. The molecule has 2 rings (SSSR count). The molecule has 2 nitrogen and oxygen atoms in total. The van der Waals surface area contributed by atoms with Gasteiger partial charge in [-0.05, 0) is 42.7 Å². The zero-order valence-electron chi connectivity index (χ0n) is 12.2. The fourth-order valence-corrected chi connectivity index (χ4v) is 2.81. The van der Waals surface area contributed by atoms with Crippen LogP contribution < -0.4 is 11.5 Å². The Labute approximate surface area is 115 Å². The molecule has 1 aromatic carbocycles. The quantitative estimate of drug-likeness (QED) is 0.818. The fourth-order valence-electron chi connectivity index (χ4n) is 2.81. The second-order valence-electron chi connectivity index (χ2n) is 6.94. The highest BCUT2D eigenvalue weighted by Gasteiger charge is 2.34. The Kier molecular flexibility index (Phi) is 3.72. The van der Waals surface area contributed by atoms with Gasteiger partial charge >= 0.3 is 0 Å². The van der Waals surface area contributed by atoms with E-state index < -0.39 is 5.54 Å². The number of halogens is 1. The predicted molar refractivity (Wildman–Crippen MR) is 77.4 cm³/mol. The van der Waals surface area contributed by atoms with Gasteiger partial charge in [0.2, 0.25) is 0 Å². The van der Waals surface area contributed by atoms with Gasteiger partial charge in [-0.15, -0.1) is 0 Å². The maximum absolute atomic E-state index is 14.4. The van der Waals surface area contributed by atoms with Crippen molar-refractivity contribution in [3.8, 4) is 0 Å². The minimum absolute atomic E-state index is 0.0456. The summed E-state index contributed by atoms with van der Waals surface area (Å²) in [5.74, 6) is -0.176. The Hall–Kier alpha value is -0.930. The van der Waals surface area contributed by atoms with Crippen molar-refractivity contribution in [3.63, 3.8) is 0 Å². The molecular formula is C16H25FN2. The summed E-state index contributed by atoms with van der Waals surface area (Å²) in [6.07, 6.45) is 3.27. The largest absolute Gasteiger partial charge is 0.328 e. The summed E-state index contributed by atoms with van der Waals surface area (Å²) in [7, 11) is 0. The minimum atomic E-state index is -0.545. The van der Waals surface area contributed by atoms with E-state index in [1.54, 1.807) is 6.07 Å². The van der Waals surface area contributed by atoms with E-state index in [0.29, 0.717) is 5.56 Å². The molecule has 0 radical (unpaired) electrons. The van der Waals surface area contributed by atoms with Crippen molar-refractivity contribution >= 4 is 0 Å². The van der Waals surface area contributed by atoms with Crippen LogP contribution in [0.2, 0.25) is 0 Å². The maximum Gasteiger partial charge on any atom is 0.128 e. The zero-order chi connectivity index (χ0) is 14.3. The Bertz CT molecular complexity index is 454. The van der Waals surface area contributed by atoms with Crippen molar-refractivity contribution in [3.05, 3.63) is 35.1 Å². The normalized spacial score (nSPS) is 28.4. The van der Waals surface area contributed by atoms with Crippen LogP contribution in [0, 0.1) is 5.82 Å². The Balaban J connectivity index is 2.31. The van der Waals surface area contributed by atoms with Gasteiger partial charge in [0.1, 0.15) is 5.82 Å². The molecule has 0 atom stereocenters. The highest BCUT2D eigenvalue weighted by molar-refractivity contribution is 5.33. The molecule has 1 saturated carbocycles. The molecule has 3 heteroatoms. The van der Waals surface area contributed by atoms with Crippen LogP contribution in [0.15, 0.2) is 18.2 Å². The lowest BCUT2D eigenvalue weighted by atomic mass is 9.75. The lowest BCUT2D eigenvalue weighted by molar-refractivity contribution is 0.270. The smallest absolute Gasteiger partial charge is 0.128 e. The summed E-state index contributed by atoms with van der Waals surface area (Å²) in [6, 6.07) is 5.72. The van der Waals surface area contributed by atoms with Crippen LogP contribution in [0.3, 0.4) is 0 Å². The minimum Gasteiger partial charge on any atom is -0.328 e. The second-order valence-corrected chi connectivity index (χ2v) is 6.94. The summed E-state index contributed by atoms with van der Waals surface area (Å²) < 4.78 is 14.4. The summed E-state index contributed by atoms with van der Waals surface area (Å²) in [5.41, 5.74) is 13.4. The van der Waals surface area contributed by atoms with Crippen molar-refractivity contribution < 1.29 is 4.39 Å². The topological polar surface area (TPSA) is 52.0 Å². The van der Waals surface area contributed by atoms with E-state index in [0.717, 1.165) is 31.2 Å². The van der Waals surface area contributed by atoms with Crippen molar-refractivity contribution in [1.29, 1.82) is 0 Å². The molecule has 0 bridgehead atoms. The zero-order valence-corrected chi connectivity index (χ0v) is 12.2. The molecule has 0 spiro atoms. The van der Waals surface area contributed by atoms with Gasteiger partial charge in [-0.2, -0.15) is 0 Å². The number of hydrogen-bond donors (Lipinski definition) is 2. The van der Waals surface area contributed by atoms with Crippen molar-refractivity contribution in [2.45, 2.75) is 63.5 Å². The van der Waals surface area contributed by atoms with Gasteiger partial charge in [-0.1, -0.05) is 32.9 Å². The number of nitrogens with two attached hydrogens (primary N) is 2. The van der Waals surface area contributed by atoms with E-state index in [4.69, 9.17) is 11.5 Å². The van der Waals surface area contributed by atoms with Gasteiger partial charge in [0.05, 0.1) is 0 Å². The molecule has 0 heterocycles. The standard InChI is InChI=1S/C16H25FN2/c1-15(2,3)11-4-5-13(14(17)10-11)16(19)8-6-12(18)7-9-16/h4-5,10,12H,6-9,18-19H2,1-3H3. The lowest BCUT2D eigenvalue weighted by Gasteiger charge is -2.37. The number of benzene rings is 1. The summed E-state index contributed by atoms with van der Waals surface area (Å²) in [4.78, 5) is 0. The first-order valence-corrected chi connectivity index (χ1v) is 7.07. The van der Waals surface area contributed by atoms with E-state index >= 15 is 0 Å². The maximum atomic E-state index is 14.4. The highest BCUT2D eigenvalue weighted by atomic mass is 19.1. The molecule has 106 valence electrons. The van der Waals surface area contributed by atoms with Crippen molar-refractivity contribution in [1.82, 2.24) is 0 Å². The number of hydrogen-bond acceptors (Lipinski definition) is 2. The molecule has 1 aliphatic carbocycles. The Morgan fingerprint density at radius 2 is 1.79 bits per heavy atom. The van der Waals surface area contributed by atoms with Crippen molar-refractivity contribution in [2.24, 2.45) is 11.5 Å². The van der Waals surface area contributed by atoms with E-state index in [9.17, 15) is 4.39 Å². The van der Waals surface area contributed by atoms with Gasteiger partial charge < -0.3 is 11.5 Å². The molecule has 1 aliphatic rings. The van der Waals surface area contributed by atoms with Gasteiger partial charge in [-0.25, -0.2) is 4.39 Å².